The Morgan fingerprint density at radius 2 is 2.25 bits per heavy atom. The number of hydrogen-bond donors (Lipinski definition) is 3. The Kier molecular flexibility index (Phi) is 3.34. The Labute approximate surface area is 119 Å². The standard InChI is InChI=1S/C13H13N5OS/c1-8(9-6-14-15-7-9)16-12(19)18-13-17-10-4-2-3-5-11(10)20-13/h2-8H,1H3,(H,14,15)(H2,16,17,18,19). The number of anilines is 1. The van der Waals surface area contributed by atoms with Crippen LogP contribution in [0.3, 0.4) is 0 Å². The van der Waals surface area contributed by atoms with Crippen LogP contribution in [-0.4, -0.2) is 21.2 Å². The van der Waals surface area contributed by atoms with E-state index in [4.69, 9.17) is 0 Å². The molecule has 3 N–H and O–H groups in total. The van der Waals surface area contributed by atoms with Gasteiger partial charge in [-0.15, -0.1) is 0 Å². The van der Waals surface area contributed by atoms with Gasteiger partial charge in [-0.2, -0.15) is 5.10 Å². The number of carbonyl (C=O) groups is 1. The summed E-state index contributed by atoms with van der Waals surface area (Å²) in [5, 5.41) is 12.7. The van der Waals surface area contributed by atoms with E-state index in [1.54, 1.807) is 12.4 Å². The van der Waals surface area contributed by atoms with Crippen molar-refractivity contribution in [3.63, 3.8) is 0 Å². The zero-order valence-corrected chi connectivity index (χ0v) is 11.6. The number of H-pyrrole nitrogens is 1. The first-order valence-corrected chi connectivity index (χ1v) is 6.96. The fraction of sp³-hybridized carbons (Fsp3) is 0.154. The third-order valence-corrected chi connectivity index (χ3v) is 3.83. The van der Waals surface area contributed by atoms with Crippen molar-refractivity contribution < 1.29 is 4.79 Å². The van der Waals surface area contributed by atoms with Crippen LogP contribution in [0.5, 0.6) is 0 Å². The minimum absolute atomic E-state index is 0.122. The van der Waals surface area contributed by atoms with Gasteiger partial charge in [-0.25, -0.2) is 9.78 Å². The zero-order chi connectivity index (χ0) is 13.9. The molecule has 1 atom stereocenters. The van der Waals surface area contributed by atoms with E-state index in [-0.39, 0.29) is 12.1 Å². The van der Waals surface area contributed by atoms with Gasteiger partial charge in [0.1, 0.15) is 0 Å². The fourth-order valence-corrected chi connectivity index (χ4v) is 2.70. The molecule has 1 aromatic carbocycles. The van der Waals surface area contributed by atoms with Crippen molar-refractivity contribution in [3.05, 3.63) is 42.2 Å². The summed E-state index contributed by atoms with van der Waals surface area (Å²) in [6, 6.07) is 7.37. The molecule has 0 radical (unpaired) electrons. The van der Waals surface area contributed by atoms with Crippen molar-refractivity contribution in [2.75, 3.05) is 5.32 Å². The zero-order valence-electron chi connectivity index (χ0n) is 10.8. The number of amides is 2. The molecule has 20 heavy (non-hydrogen) atoms. The molecule has 0 saturated heterocycles. The van der Waals surface area contributed by atoms with E-state index in [1.807, 2.05) is 31.2 Å². The van der Waals surface area contributed by atoms with E-state index in [1.165, 1.54) is 11.3 Å². The monoisotopic (exact) mass is 287 g/mol. The van der Waals surface area contributed by atoms with E-state index in [9.17, 15) is 4.79 Å². The Morgan fingerprint density at radius 1 is 1.40 bits per heavy atom. The number of carbonyl (C=O) groups excluding carboxylic acids is 1. The maximum atomic E-state index is 11.9. The second-order valence-corrected chi connectivity index (χ2v) is 5.37. The first kappa shape index (κ1) is 12.6. The van der Waals surface area contributed by atoms with Gasteiger partial charge in [-0.1, -0.05) is 23.5 Å². The summed E-state index contributed by atoms with van der Waals surface area (Å²) in [7, 11) is 0. The molecule has 3 aromatic rings. The average Bonchev–Trinajstić information content (AvgIpc) is 3.07. The number of aromatic nitrogens is 3. The molecular formula is C13H13N5OS. The lowest BCUT2D eigenvalue weighted by Crippen LogP contribution is -2.30. The number of para-hydroxylation sites is 1. The third kappa shape index (κ3) is 2.62. The highest BCUT2D eigenvalue weighted by Gasteiger charge is 2.12. The quantitative estimate of drug-likeness (QED) is 0.692. The summed E-state index contributed by atoms with van der Waals surface area (Å²) in [6.45, 7) is 1.89. The van der Waals surface area contributed by atoms with Crippen LogP contribution in [-0.2, 0) is 0 Å². The van der Waals surface area contributed by atoms with Crippen molar-refractivity contribution in [1.82, 2.24) is 20.5 Å². The van der Waals surface area contributed by atoms with Gasteiger partial charge >= 0.3 is 6.03 Å². The molecule has 0 bridgehead atoms. The van der Waals surface area contributed by atoms with Crippen LogP contribution >= 0.6 is 11.3 Å². The molecule has 7 heteroatoms. The van der Waals surface area contributed by atoms with Crippen LogP contribution in [0.25, 0.3) is 10.2 Å². The van der Waals surface area contributed by atoms with E-state index in [0.29, 0.717) is 5.13 Å². The number of urea groups is 1. The molecule has 0 fully saturated rings. The van der Waals surface area contributed by atoms with E-state index >= 15 is 0 Å². The second kappa shape index (κ2) is 5.30. The van der Waals surface area contributed by atoms with Gasteiger partial charge in [0.2, 0.25) is 0 Å². The number of nitrogens with zero attached hydrogens (tertiary/aromatic N) is 2. The van der Waals surface area contributed by atoms with Gasteiger partial charge in [0.05, 0.1) is 22.5 Å². The summed E-state index contributed by atoms with van der Waals surface area (Å²) in [5.41, 5.74) is 1.81. The maximum absolute atomic E-state index is 11.9. The van der Waals surface area contributed by atoms with Crippen molar-refractivity contribution in [3.8, 4) is 0 Å². The van der Waals surface area contributed by atoms with Crippen LogP contribution in [0, 0.1) is 0 Å². The first-order valence-electron chi connectivity index (χ1n) is 6.14. The number of thiazole rings is 1. The maximum Gasteiger partial charge on any atom is 0.321 e. The SMILES string of the molecule is CC(NC(=O)Nc1nc2ccccc2s1)c1cn[nH]c1. The summed E-state index contributed by atoms with van der Waals surface area (Å²) in [5.74, 6) is 0. The predicted octanol–water partition coefficient (Wildman–Crippen LogP) is 2.90. The Bertz CT molecular complexity index is 688. The molecule has 1 unspecified atom stereocenters. The Hall–Kier alpha value is -2.41. The van der Waals surface area contributed by atoms with Gasteiger partial charge < -0.3 is 5.32 Å². The summed E-state index contributed by atoms with van der Waals surface area (Å²) in [4.78, 5) is 16.3. The predicted molar refractivity (Wildman–Crippen MR) is 78.8 cm³/mol. The Balaban J connectivity index is 1.66. The minimum Gasteiger partial charge on any atom is -0.331 e. The van der Waals surface area contributed by atoms with Crippen molar-refractivity contribution >= 4 is 32.7 Å². The third-order valence-electron chi connectivity index (χ3n) is 2.88. The molecule has 6 nitrogen and oxygen atoms in total. The largest absolute Gasteiger partial charge is 0.331 e. The van der Waals surface area contributed by atoms with Crippen molar-refractivity contribution in [1.29, 1.82) is 0 Å². The van der Waals surface area contributed by atoms with Gasteiger partial charge in [0.25, 0.3) is 0 Å². The minimum atomic E-state index is -0.280. The summed E-state index contributed by atoms with van der Waals surface area (Å²) < 4.78 is 1.05. The van der Waals surface area contributed by atoms with Crippen LogP contribution in [0.1, 0.15) is 18.5 Å². The molecule has 0 aliphatic carbocycles. The van der Waals surface area contributed by atoms with Crippen molar-refractivity contribution in [2.45, 2.75) is 13.0 Å². The fourth-order valence-electron chi connectivity index (χ4n) is 1.84. The number of hydrogen-bond acceptors (Lipinski definition) is 4. The molecule has 3 rings (SSSR count). The highest BCUT2D eigenvalue weighted by atomic mass is 32.1. The van der Waals surface area contributed by atoms with Gasteiger partial charge in [-0.3, -0.25) is 10.4 Å². The number of benzene rings is 1. The van der Waals surface area contributed by atoms with Crippen LogP contribution < -0.4 is 10.6 Å². The molecule has 0 saturated carbocycles. The van der Waals surface area contributed by atoms with E-state index in [2.05, 4.69) is 25.8 Å². The number of nitrogens with one attached hydrogen (secondary N) is 3. The number of fused-ring (bicyclic) bond motifs is 1. The number of rotatable bonds is 3. The first-order chi connectivity index (χ1) is 9.72. The van der Waals surface area contributed by atoms with Gasteiger partial charge in [0.15, 0.2) is 5.13 Å². The lowest BCUT2D eigenvalue weighted by Gasteiger charge is -2.11. The molecular weight excluding hydrogens is 274 g/mol. The van der Waals surface area contributed by atoms with Crippen LogP contribution in [0.2, 0.25) is 0 Å². The van der Waals surface area contributed by atoms with E-state index in [0.717, 1.165) is 15.8 Å². The van der Waals surface area contributed by atoms with Crippen LogP contribution in [0.4, 0.5) is 9.93 Å². The highest BCUT2D eigenvalue weighted by molar-refractivity contribution is 7.22. The highest BCUT2D eigenvalue weighted by Crippen LogP contribution is 2.25. The van der Waals surface area contributed by atoms with E-state index < -0.39 is 0 Å². The molecule has 102 valence electrons. The molecule has 2 aromatic heterocycles. The molecule has 2 amide bonds. The van der Waals surface area contributed by atoms with Gasteiger partial charge in [0, 0.05) is 11.8 Å². The topological polar surface area (TPSA) is 82.7 Å². The average molecular weight is 287 g/mol. The summed E-state index contributed by atoms with van der Waals surface area (Å²) >= 11 is 1.45. The number of aromatic amines is 1. The lowest BCUT2D eigenvalue weighted by molar-refractivity contribution is 0.249. The molecule has 0 aliphatic rings. The molecule has 0 aliphatic heterocycles. The van der Waals surface area contributed by atoms with Gasteiger partial charge in [-0.05, 0) is 19.1 Å². The normalized spacial score (nSPS) is 12.2. The van der Waals surface area contributed by atoms with Crippen molar-refractivity contribution in [2.24, 2.45) is 0 Å². The lowest BCUT2D eigenvalue weighted by atomic mass is 10.2. The second-order valence-electron chi connectivity index (χ2n) is 4.34. The Morgan fingerprint density at radius 3 is 3.00 bits per heavy atom. The summed E-state index contributed by atoms with van der Waals surface area (Å²) in [6.07, 6.45) is 3.44. The molecule has 0 spiro atoms. The molecule has 2 heterocycles. The smallest absolute Gasteiger partial charge is 0.321 e. The van der Waals surface area contributed by atoms with Crippen LogP contribution in [0.15, 0.2) is 36.7 Å².